The molecule has 1 N–H and O–H groups in total. The zero-order valence-corrected chi connectivity index (χ0v) is 13.6. The molecule has 1 aromatic carbocycles. The van der Waals surface area contributed by atoms with Crippen LogP contribution in [-0.4, -0.2) is 33.4 Å². The van der Waals surface area contributed by atoms with Crippen LogP contribution in [0.15, 0.2) is 48.8 Å². The van der Waals surface area contributed by atoms with Crippen molar-refractivity contribution < 1.29 is 19.1 Å². The smallest absolute Gasteiger partial charge is 0.308 e. The molecule has 2 atom stereocenters. The van der Waals surface area contributed by atoms with Gasteiger partial charge in [-0.25, -0.2) is 4.39 Å². The number of rotatable bonds is 5. The Hall–Kier alpha value is -2.76. The van der Waals surface area contributed by atoms with Crippen molar-refractivity contribution in [2.45, 2.75) is 25.3 Å². The molecule has 6 heteroatoms. The second kappa shape index (κ2) is 7.42. The molecule has 0 unspecified atom stereocenters. The van der Waals surface area contributed by atoms with Crippen LogP contribution in [0, 0.1) is 11.7 Å². The fourth-order valence-corrected chi connectivity index (χ4v) is 3.37. The molecule has 1 aliphatic heterocycles. The van der Waals surface area contributed by atoms with Gasteiger partial charge in [-0.2, -0.15) is 0 Å². The van der Waals surface area contributed by atoms with E-state index >= 15 is 0 Å². The van der Waals surface area contributed by atoms with E-state index in [9.17, 15) is 19.1 Å². The number of piperidine rings is 1. The van der Waals surface area contributed by atoms with Crippen LogP contribution in [0.3, 0.4) is 0 Å². The van der Waals surface area contributed by atoms with Crippen molar-refractivity contribution in [1.29, 1.82) is 0 Å². The predicted octanol–water partition coefficient (Wildman–Crippen LogP) is 2.83. The number of nitrogens with zero attached hydrogens (tertiary/aromatic N) is 2. The summed E-state index contributed by atoms with van der Waals surface area (Å²) in [7, 11) is 0. The third kappa shape index (κ3) is 3.84. The van der Waals surface area contributed by atoms with Gasteiger partial charge in [-0.15, -0.1) is 0 Å². The van der Waals surface area contributed by atoms with Gasteiger partial charge in [0.2, 0.25) is 5.91 Å². The molecule has 1 aromatic heterocycles. The van der Waals surface area contributed by atoms with Crippen LogP contribution in [-0.2, 0) is 16.0 Å². The molecule has 130 valence electrons. The van der Waals surface area contributed by atoms with E-state index in [-0.39, 0.29) is 18.7 Å². The summed E-state index contributed by atoms with van der Waals surface area (Å²) in [4.78, 5) is 29.8. The zero-order chi connectivity index (χ0) is 17.8. The monoisotopic (exact) mass is 342 g/mol. The van der Waals surface area contributed by atoms with Crippen molar-refractivity contribution in [3.63, 3.8) is 0 Å². The van der Waals surface area contributed by atoms with Gasteiger partial charge in [-0.05, 0) is 42.2 Å². The van der Waals surface area contributed by atoms with E-state index in [1.54, 1.807) is 29.4 Å². The second-order valence-electron chi connectivity index (χ2n) is 6.18. The third-order valence-corrected chi connectivity index (χ3v) is 4.58. The number of pyridine rings is 1. The first kappa shape index (κ1) is 17.1. The number of hydrogen-bond acceptors (Lipinski definition) is 3. The molecule has 1 fully saturated rings. The molecule has 1 amide bonds. The molecule has 0 aliphatic carbocycles. The fourth-order valence-electron chi connectivity index (χ4n) is 3.37. The van der Waals surface area contributed by atoms with E-state index in [1.807, 2.05) is 12.1 Å². The molecule has 5 nitrogen and oxygen atoms in total. The van der Waals surface area contributed by atoms with Crippen molar-refractivity contribution in [2.75, 3.05) is 6.54 Å². The maximum absolute atomic E-state index is 13.7. The highest BCUT2D eigenvalue weighted by molar-refractivity contribution is 5.81. The molecule has 0 saturated carbocycles. The molecule has 0 radical (unpaired) electrons. The minimum Gasteiger partial charge on any atom is -0.481 e. The third-order valence-electron chi connectivity index (χ3n) is 4.58. The van der Waals surface area contributed by atoms with Crippen molar-refractivity contribution in [1.82, 2.24) is 9.88 Å². The molecule has 0 spiro atoms. The summed E-state index contributed by atoms with van der Waals surface area (Å²) in [5, 5.41) is 9.59. The Kier molecular flexibility index (Phi) is 5.07. The number of aliphatic carboxylic acids is 1. The Balaban J connectivity index is 1.90. The quantitative estimate of drug-likeness (QED) is 0.907. The highest BCUT2D eigenvalue weighted by Gasteiger charge is 2.40. The standard InChI is InChI=1S/C19H19FN2O3/c20-15-5-1-4-14(11-15)18-16(19(24)25)6-7-17(23)22(18)10-8-13-3-2-9-21-12-13/h1-5,9,11-12,16,18H,6-8,10H2,(H,24,25)/t16-,18-/m0/s1. The Morgan fingerprint density at radius 2 is 2.16 bits per heavy atom. The van der Waals surface area contributed by atoms with E-state index in [4.69, 9.17) is 0 Å². The van der Waals surface area contributed by atoms with Crippen molar-refractivity contribution in [3.8, 4) is 0 Å². The number of halogens is 1. The largest absolute Gasteiger partial charge is 0.481 e. The average Bonchev–Trinajstić information content (AvgIpc) is 2.61. The lowest BCUT2D eigenvalue weighted by molar-refractivity contribution is -0.152. The number of likely N-dealkylation sites (tertiary alicyclic amines) is 1. The van der Waals surface area contributed by atoms with Gasteiger partial charge in [-0.1, -0.05) is 18.2 Å². The van der Waals surface area contributed by atoms with Crippen molar-refractivity contribution in [3.05, 3.63) is 65.7 Å². The number of carbonyl (C=O) groups is 2. The minimum atomic E-state index is -0.965. The van der Waals surface area contributed by atoms with E-state index in [2.05, 4.69) is 4.98 Å². The first-order valence-corrected chi connectivity index (χ1v) is 8.23. The van der Waals surface area contributed by atoms with Gasteiger partial charge in [0.25, 0.3) is 0 Å². The molecule has 25 heavy (non-hydrogen) atoms. The van der Waals surface area contributed by atoms with Gasteiger partial charge >= 0.3 is 5.97 Å². The van der Waals surface area contributed by atoms with Crippen LogP contribution in [0.2, 0.25) is 0 Å². The predicted molar refractivity (Wildman–Crippen MR) is 89.2 cm³/mol. The molecule has 2 aromatic rings. The summed E-state index contributed by atoms with van der Waals surface area (Å²) >= 11 is 0. The summed E-state index contributed by atoms with van der Waals surface area (Å²) < 4.78 is 13.7. The van der Waals surface area contributed by atoms with E-state index in [0.717, 1.165) is 5.56 Å². The number of carboxylic acids is 1. The van der Waals surface area contributed by atoms with Crippen LogP contribution in [0.5, 0.6) is 0 Å². The Morgan fingerprint density at radius 1 is 1.32 bits per heavy atom. The summed E-state index contributed by atoms with van der Waals surface area (Å²) in [5.41, 5.74) is 1.48. The van der Waals surface area contributed by atoms with Crippen LogP contribution in [0.1, 0.15) is 30.0 Å². The van der Waals surface area contributed by atoms with E-state index < -0.39 is 23.7 Å². The van der Waals surface area contributed by atoms with Crippen LogP contribution in [0.25, 0.3) is 0 Å². The lowest BCUT2D eigenvalue weighted by atomic mass is 9.84. The van der Waals surface area contributed by atoms with Gasteiger partial charge in [0.15, 0.2) is 0 Å². The molecule has 2 heterocycles. The Bertz CT molecular complexity index is 766. The normalized spacial score (nSPS) is 20.5. The number of hydrogen-bond donors (Lipinski definition) is 1. The Morgan fingerprint density at radius 3 is 2.84 bits per heavy atom. The maximum Gasteiger partial charge on any atom is 0.308 e. The molecule has 1 aliphatic rings. The van der Waals surface area contributed by atoms with Gasteiger partial charge in [0.05, 0.1) is 12.0 Å². The van der Waals surface area contributed by atoms with E-state index in [1.165, 1.54) is 12.1 Å². The highest BCUT2D eigenvalue weighted by atomic mass is 19.1. The number of amides is 1. The van der Waals surface area contributed by atoms with Crippen LogP contribution in [0.4, 0.5) is 4.39 Å². The van der Waals surface area contributed by atoms with Gasteiger partial charge in [0.1, 0.15) is 5.82 Å². The SMILES string of the molecule is O=C(O)[C@H]1CCC(=O)N(CCc2cccnc2)[C@H]1c1cccc(F)c1. The lowest BCUT2D eigenvalue weighted by Gasteiger charge is -2.40. The average molecular weight is 342 g/mol. The summed E-state index contributed by atoms with van der Waals surface area (Å²) in [5.74, 6) is -2.25. The Labute approximate surface area is 145 Å². The number of aromatic nitrogens is 1. The van der Waals surface area contributed by atoms with Crippen LogP contribution >= 0.6 is 0 Å². The fraction of sp³-hybridized carbons (Fsp3) is 0.316. The number of benzene rings is 1. The van der Waals surface area contributed by atoms with Crippen molar-refractivity contribution >= 4 is 11.9 Å². The molecular formula is C19H19FN2O3. The number of carboxylic acid groups (broad SMARTS) is 1. The summed E-state index contributed by atoms with van der Waals surface area (Å²) in [6, 6.07) is 8.91. The summed E-state index contributed by atoms with van der Waals surface area (Å²) in [6.07, 6.45) is 4.41. The molecule has 3 rings (SSSR count). The molecular weight excluding hydrogens is 323 g/mol. The summed E-state index contributed by atoms with van der Waals surface area (Å²) in [6.45, 7) is 0.371. The van der Waals surface area contributed by atoms with Gasteiger partial charge in [-0.3, -0.25) is 14.6 Å². The first-order valence-electron chi connectivity index (χ1n) is 8.23. The minimum absolute atomic E-state index is 0.101. The topological polar surface area (TPSA) is 70.5 Å². The number of carbonyl (C=O) groups excluding carboxylic acids is 1. The zero-order valence-electron chi connectivity index (χ0n) is 13.6. The van der Waals surface area contributed by atoms with Crippen LogP contribution < -0.4 is 0 Å². The molecule has 0 bridgehead atoms. The van der Waals surface area contributed by atoms with Crippen molar-refractivity contribution in [2.24, 2.45) is 5.92 Å². The maximum atomic E-state index is 13.7. The van der Waals surface area contributed by atoms with E-state index in [0.29, 0.717) is 18.5 Å². The first-order chi connectivity index (χ1) is 12.1. The second-order valence-corrected chi connectivity index (χ2v) is 6.18. The van der Waals surface area contributed by atoms with Gasteiger partial charge < -0.3 is 10.0 Å². The lowest BCUT2D eigenvalue weighted by Crippen LogP contribution is -2.46. The van der Waals surface area contributed by atoms with Gasteiger partial charge in [0, 0.05) is 25.4 Å². The molecule has 1 saturated heterocycles. The highest BCUT2D eigenvalue weighted by Crippen LogP contribution is 2.37.